The molecule has 118 valence electrons. The first kappa shape index (κ1) is 16.1. The van der Waals surface area contributed by atoms with Crippen molar-refractivity contribution in [3.63, 3.8) is 0 Å². The van der Waals surface area contributed by atoms with Gasteiger partial charge >= 0.3 is 0 Å². The van der Waals surface area contributed by atoms with Gasteiger partial charge in [-0.25, -0.2) is 0 Å². The lowest BCUT2D eigenvalue weighted by Crippen LogP contribution is -2.31. The molecule has 2 N–H and O–H groups in total. The van der Waals surface area contributed by atoms with Crippen LogP contribution in [0, 0.1) is 18.8 Å². The summed E-state index contributed by atoms with van der Waals surface area (Å²) in [6, 6.07) is 0. The molecule has 0 saturated heterocycles. The van der Waals surface area contributed by atoms with E-state index in [2.05, 4.69) is 34.5 Å². The van der Waals surface area contributed by atoms with Crippen LogP contribution in [0.3, 0.4) is 0 Å². The summed E-state index contributed by atoms with van der Waals surface area (Å²) >= 11 is 0. The predicted octanol–water partition coefficient (Wildman–Crippen LogP) is 1.45. The first-order valence-electron chi connectivity index (χ1n) is 7.56. The van der Waals surface area contributed by atoms with Gasteiger partial charge in [-0.3, -0.25) is 0 Å². The Bertz CT molecular complexity index is 447. The van der Waals surface area contributed by atoms with Crippen LogP contribution in [0.25, 0.3) is 0 Å². The van der Waals surface area contributed by atoms with Gasteiger partial charge in [-0.15, -0.1) is 0 Å². The topological polar surface area (TPSA) is 80.4 Å². The van der Waals surface area contributed by atoms with Crippen LogP contribution in [0.4, 0.5) is 0 Å². The van der Waals surface area contributed by atoms with Gasteiger partial charge in [0.05, 0.1) is 25.9 Å². The molecule has 1 aromatic heterocycles. The largest absolute Gasteiger partial charge is 0.389 e. The first-order chi connectivity index (χ1) is 10.1. The molecule has 21 heavy (non-hydrogen) atoms. The lowest BCUT2D eigenvalue weighted by molar-refractivity contribution is 0.0127. The molecule has 0 fully saturated rings. The second kappa shape index (κ2) is 8.26. The van der Waals surface area contributed by atoms with E-state index >= 15 is 0 Å². The maximum Gasteiger partial charge on any atom is 0.223 e. The lowest BCUT2D eigenvalue weighted by atomic mass is 9.85. The van der Waals surface area contributed by atoms with E-state index in [-0.39, 0.29) is 0 Å². The quantitative estimate of drug-likeness (QED) is 0.707. The highest BCUT2D eigenvalue weighted by Gasteiger charge is 2.18. The number of ether oxygens (including phenoxy) is 1. The van der Waals surface area contributed by atoms with E-state index in [1.165, 1.54) is 0 Å². The zero-order valence-electron chi connectivity index (χ0n) is 12.8. The number of hydrogen-bond donors (Lipinski definition) is 2. The van der Waals surface area contributed by atoms with Crippen LogP contribution < -0.4 is 5.32 Å². The molecular weight excluding hydrogens is 270 g/mol. The van der Waals surface area contributed by atoms with E-state index in [4.69, 9.17) is 9.26 Å². The second-order valence-corrected chi connectivity index (χ2v) is 5.73. The zero-order valence-corrected chi connectivity index (χ0v) is 12.8. The van der Waals surface area contributed by atoms with Gasteiger partial charge in [-0.1, -0.05) is 24.2 Å². The van der Waals surface area contributed by atoms with Crippen LogP contribution >= 0.6 is 0 Å². The molecule has 6 nitrogen and oxygen atoms in total. The number of nitrogens with one attached hydrogen (secondary N) is 1. The Morgan fingerprint density at radius 1 is 1.48 bits per heavy atom. The maximum absolute atomic E-state index is 9.86. The molecule has 0 amide bonds. The van der Waals surface area contributed by atoms with E-state index < -0.39 is 6.10 Å². The Kier molecular flexibility index (Phi) is 6.35. The normalized spacial score (nSPS) is 23.4. The van der Waals surface area contributed by atoms with Crippen LogP contribution in [0.1, 0.15) is 31.5 Å². The minimum atomic E-state index is -0.521. The van der Waals surface area contributed by atoms with Crippen molar-refractivity contribution in [2.75, 3.05) is 19.8 Å². The van der Waals surface area contributed by atoms with Crippen molar-refractivity contribution in [1.82, 2.24) is 15.5 Å². The molecule has 0 saturated carbocycles. The summed E-state index contributed by atoms with van der Waals surface area (Å²) in [5.41, 5.74) is 0. The van der Waals surface area contributed by atoms with Crippen LogP contribution in [0.5, 0.6) is 0 Å². The Morgan fingerprint density at radius 2 is 2.29 bits per heavy atom. The number of aryl methyl sites for hydroxylation is 1. The SMILES string of the molecule is Cc1nc(CNCC(O)COCC2CC=CCC2C)no1. The van der Waals surface area contributed by atoms with Crippen molar-refractivity contribution < 1.29 is 14.4 Å². The third kappa shape index (κ3) is 5.57. The third-order valence-corrected chi connectivity index (χ3v) is 3.79. The first-order valence-corrected chi connectivity index (χ1v) is 7.56. The minimum Gasteiger partial charge on any atom is -0.389 e. The summed E-state index contributed by atoms with van der Waals surface area (Å²) in [6.45, 7) is 6.01. The predicted molar refractivity (Wildman–Crippen MR) is 78.6 cm³/mol. The fourth-order valence-electron chi connectivity index (χ4n) is 2.42. The van der Waals surface area contributed by atoms with E-state index in [0.717, 1.165) is 12.8 Å². The fourth-order valence-corrected chi connectivity index (χ4v) is 2.42. The van der Waals surface area contributed by atoms with Crippen molar-refractivity contribution >= 4 is 0 Å². The van der Waals surface area contributed by atoms with Gasteiger partial charge in [0.2, 0.25) is 5.89 Å². The smallest absolute Gasteiger partial charge is 0.223 e. The molecule has 0 aliphatic heterocycles. The maximum atomic E-state index is 9.86. The molecule has 0 spiro atoms. The summed E-state index contributed by atoms with van der Waals surface area (Å²) in [5, 5.41) is 16.7. The molecule has 0 aromatic carbocycles. The van der Waals surface area contributed by atoms with Crippen molar-refractivity contribution in [3.8, 4) is 0 Å². The van der Waals surface area contributed by atoms with Gasteiger partial charge in [0, 0.05) is 13.5 Å². The summed E-state index contributed by atoms with van der Waals surface area (Å²) in [6.07, 6.45) is 6.14. The van der Waals surface area contributed by atoms with E-state index in [0.29, 0.717) is 49.9 Å². The van der Waals surface area contributed by atoms with E-state index in [9.17, 15) is 5.11 Å². The van der Waals surface area contributed by atoms with Gasteiger partial charge in [0.25, 0.3) is 0 Å². The van der Waals surface area contributed by atoms with Crippen molar-refractivity contribution in [2.45, 2.75) is 39.3 Å². The molecule has 1 heterocycles. The number of nitrogens with zero attached hydrogens (tertiary/aromatic N) is 2. The Hall–Kier alpha value is -1.24. The summed E-state index contributed by atoms with van der Waals surface area (Å²) < 4.78 is 10.5. The van der Waals surface area contributed by atoms with E-state index in [1.807, 2.05) is 0 Å². The van der Waals surface area contributed by atoms with Gasteiger partial charge in [-0.05, 0) is 24.7 Å². The van der Waals surface area contributed by atoms with Gasteiger partial charge in [0.15, 0.2) is 5.82 Å². The average molecular weight is 295 g/mol. The van der Waals surface area contributed by atoms with Crippen LogP contribution in [-0.2, 0) is 11.3 Å². The van der Waals surface area contributed by atoms with E-state index in [1.54, 1.807) is 6.92 Å². The third-order valence-electron chi connectivity index (χ3n) is 3.79. The molecule has 1 aromatic rings. The minimum absolute atomic E-state index is 0.352. The summed E-state index contributed by atoms with van der Waals surface area (Å²) in [5.74, 6) is 2.37. The highest BCUT2D eigenvalue weighted by molar-refractivity contribution is 4.93. The number of rotatable bonds is 8. The number of allylic oxidation sites excluding steroid dienone is 2. The fraction of sp³-hybridized carbons (Fsp3) is 0.733. The molecule has 3 unspecified atom stereocenters. The number of aliphatic hydroxyl groups is 1. The van der Waals surface area contributed by atoms with Crippen LogP contribution in [0.15, 0.2) is 16.7 Å². The molecule has 1 aliphatic carbocycles. The highest BCUT2D eigenvalue weighted by Crippen LogP contribution is 2.24. The molecule has 2 rings (SSSR count). The Labute approximate surface area is 125 Å². The number of aliphatic hydroxyl groups excluding tert-OH is 1. The van der Waals surface area contributed by atoms with Crippen LogP contribution in [0.2, 0.25) is 0 Å². The van der Waals surface area contributed by atoms with Crippen molar-refractivity contribution in [1.29, 1.82) is 0 Å². The lowest BCUT2D eigenvalue weighted by Gasteiger charge is -2.25. The molecule has 0 radical (unpaired) electrons. The second-order valence-electron chi connectivity index (χ2n) is 5.73. The van der Waals surface area contributed by atoms with Gasteiger partial charge in [-0.2, -0.15) is 4.98 Å². The molecule has 0 bridgehead atoms. The van der Waals surface area contributed by atoms with Crippen molar-refractivity contribution in [2.24, 2.45) is 11.8 Å². The summed E-state index contributed by atoms with van der Waals surface area (Å²) in [7, 11) is 0. The number of aromatic nitrogens is 2. The van der Waals surface area contributed by atoms with Gasteiger partial charge in [0.1, 0.15) is 0 Å². The average Bonchev–Trinajstić information content (AvgIpc) is 2.87. The summed E-state index contributed by atoms with van der Waals surface area (Å²) in [4.78, 5) is 4.08. The van der Waals surface area contributed by atoms with Crippen LogP contribution in [-0.4, -0.2) is 41.1 Å². The molecular formula is C15H25N3O3. The Morgan fingerprint density at radius 3 is 3.00 bits per heavy atom. The van der Waals surface area contributed by atoms with Gasteiger partial charge < -0.3 is 19.7 Å². The molecule has 6 heteroatoms. The molecule has 1 aliphatic rings. The van der Waals surface area contributed by atoms with Crippen molar-refractivity contribution in [3.05, 3.63) is 23.9 Å². The Balaban J connectivity index is 1.55. The highest BCUT2D eigenvalue weighted by atomic mass is 16.5. The number of hydrogen-bond acceptors (Lipinski definition) is 6. The standard InChI is InChI=1S/C15H25N3O3/c1-11-5-3-4-6-13(11)9-20-10-14(19)7-16-8-15-17-12(2)21-18-15/h3-4,11,13-14,16,19H,5-10H2,1-2H3. The molecule has 3 atom stereocenters. The monoisotopic (exact) mass is 295 g/mol. The zero-order chi connectivity index (χ0) is 15.1.